The summed E-state index contributed by atoms with van der Waals surface area (Å²) < 4.78 is 2.35. The van der Waals surface area contributed by atoms with Crippen LogP contribution in [-0.4, -0.2) is 44.9 Å². The fourth-order valence-corrected chi connectivity index (χ4v) is 3.44. The summed E-state index contributed by atoms with van der Waals surface area (Å²) in [7, 11) is 2.20. The van der Waals surface area contributed by atoms with Crippen molar-refractivity contribution in [3.8, 4) is 0 Å². The molecule has 0 aliphatic carbocycles. The summed E-state index contributed by atoms with van der Waals surface area (Å²) in [6.45, 7) is 5.48. The van der Waals surface area contributed by atoms with Crippen LogP contribution >= 0.6 is 11.6 Å². The molecule has 2 atom stereocenters. The summed E-state index contributed by atoms with van der Waals surface area (Å²) in [6.07, 6.45) is 5.03. The Morgan fingerprint density at radius 2 is 2.24 bits per heavy atom. The molecule has 5 heteroatoms. The van der Waals surface area contributed by atoms with E-state index in [2.05, 4.69) is 41.4 Å². The molecule has 114 valence electrons. The van der Waals surface area contributed by atoms with E-state index in [1.54, 1.807) is 0 Å². The van der Waals surface area contributed by atoms with Crippen molar-refractivity contribution >= 4 is 22.8 Å². The number of nitrogens with zero attached hydrogens (tertiary/aromatic N) is 4. The van der Waals surface area contributed by atoms with Crippen molar-refractivity contribution in [3.63, 3.8) is 0 Å². The van der Waals surface area contributed by atoms with Crippen molar-refractivity contribution in [1.29, 1.82) is 0 Å². The van der Waals surface area contributed by atoms with Gasteiger partial charge in [-0.15, -0.1) is 11.6 Å². The molecule has 0 N–H and O–H groups in total. The first kappa shape index (κ1) is 14.8. The van der Waals surface area contributed by atoms with Crippen molar-refractivity contribution in [2.75, 3.05) is 19.5 Å². The molecule has 1 aliphatic heterocycles. The zero-order valence-electron chi connectivity index (χ0n) is 13.0. The maximum Gasteiger partial charge on any atom is 0.160 e. The minimum atomic E-state index is 0.481. The maximum absolute atomic E-state index is 5.98. The molecule has 3 rings (SSSR count). The number of rotatable bonds is 3. The number of hydrogen-bond donors (Lipinski definition) is 0. The summed E-state index contributed by atoms with van der Waals surface area (Å²) in [6, 6.07) is 3.19. The van der Waals surface area contributed by atoms with E-state index in [1.165, 1.54) is 0 Å². The topological polar surface area (TPSA) is 34.0 Å². The Balaban J connectivity index is 2.04. The van der Waals surface area contributed by atoms with Crippen LogP contribution < -0.4 is 0 Å². The average Bonchev–Trinajstić information content (AvgIpc) is 2.79. The van der Waals surface area contributed by atoms with E-state index in [4.69, 9.17) is 16.6 Å². The van der Waals surface area contributed by atoms with Crippen LogP contribution in [0.3, 0.4) is 0 Å². The smallest absolute Gasteiger partial charge is 0.160 e. The van der Waals surface area contributed by atoms with E-state index in [-0.39, 0.29) is 0 Å². The lowest BCUT2D eigenvalue weighted by Crippen LogP contribution is -2.38. The van der Waals surface area contributed by atoms with E-state index in [0.29, 0.717) is 18.0 Å². The van der Waals surface area contributed by atoms with Gasteiger partial charge in [0.2, 0.25) is 0 Å². The molecule has 0 bridgehead atoms. The van der Waals surface area contributed by atoms with Crippen LogP contribution in [0.25, 0.3) is 11.2 Å². The normalized spacial score (nSPS) is 23.8. The first-order valence-electron chi connectivity index (χ1n) is 7.70. The summed E-state index contributed by atoms with van der Waals surface area (Å²) in [5.41, 5.74) is 3.17. The van der Waals surface area contributed by atoms with Crippen LogP contribution in [0.1, 0.15) is 37.2 Å². The molecule has 0 amide bonds. The number of imidazole rings is 1. The van der Waals surface area contributed by atoms with Gasteiger partial charge >= 0.3 is 0 Å². The standard InChI is InChI=1S/C16H23ClN4/c1-11-8-14-16(18-10-11)21(15(19-14)4-6-17)13-5-7-20(3)12(2)9-13/h8,10,12-13H,4-7,9H2,1-3H3. The van der Waals surface area contributed by atoms with Gasteiger partial charge in [0.05, 0.1) is 0 Å². The molecule has 0 saturated carbocycles. The lowest BCUT2D eigenvalue weighted by molar-refractivity contribution is 0.157. The highest BCUT2D eigenvalue weighted by Gasteiger charge is 2.27. The molecule has 0 aromatic carbocycles. The number of alkyl halides is 1. The van der Waals surface area contributed by atoms with Crippen LogP contribution in [0.2, 0.25) is 0 Å². The molecule has 21 heavy (non-hydrogen) atoms. The number of likely N-dealkylation sites (tertiary alicyclic amines) is 1. The molecule has 1 aliphatic rings. The first-order chi connectivity index (χ1) is 10.1. The molecule has 2 aromatic rings. The van der Waals surface area contributed by atoms with Crippen LogP contribution in [0.4, 0.5) is 0 Å². The lowest BCUT2D eigenvalue weighted by atomic mass is 9.98. The fraction of sp³-hybridized carbons (Fsp3) is 0.625. The van der Waals surface area contributed by atoms with E-state index in [0.717, 1.165) is 48.4 Å². The van der Waals surface area contributed by atoms with E-state index in [9.17, 15) is 0 Å². The number of fused-ring (bicyclic) bond motifs is 1. The Morgan fingerprint density at radius 1 is 1.43 bits per heavy atom. The number of aryl methyl sites for hydroxylation is 2. The quantitative estimate of drug-likeness (QED) is 0.817. The van der Waals surface area contributed by atoms with Crippen molar-refractivity contribution in [3.05, 3.63) is 23.7 Å². The molecule has 0 spiro atoms. The second-order valence-corrected chi connectivity index (χ2v) is 6.58. The lowest BCUT2D eigenvalue weighted by Gasteiger charge is -2.36. The third-order valence-corrected chi connectivity index (χ3v) is 4.79. The summed E-state index contributed by atoms with van der Waals surface area (Å²) >= 11 is 5.98. The number of halogens is 1. The number of hydrogen-bond acceptors (Lipinski definition) is 3. The number of pyridine rings is 1. The Kier molecular flexibility index (Phi) is 4.18. The monoisotopic (exact) mass is 306 g/mol. The highest BCUT2D eigenvalue weighted by Crippen LogP contribution is 2.30. The third-order valence-electron chi connectivity index (χ3n) is 4.60. The zero-order chi connectivity index (χ0) is 15.0. The Hall–Kier alpha value is -1.13. The second-order valence-electron chi connectivity index (χ2n) is 6.20. The first-order valence-corrected chi connectivity index (χ1v) is 8.23. The maximum atomic E-state index is 5.98. The number of piperidine rings is 1. The Bertz CT molecular complexity index is 636. The molecule has 2 aromatic heterocycles. The van der Waals surface area contributed by atoms with Crippen LogP contribution in [0, 0.1) is 6.92 Å². The van der Waals surface area contributed by atoms with Crippen LogP contribution in [-0.2, 0) is 6.42 Å². The van der Waals surface area contributed by atoms with Gasteiger partial charge in [0.15, 0.2) is 5.65 Å². The summed E-state index contributed by atoms with van der Waals surface area (Å²) in [5, 5.41) is 0. The molecule has 3 heterocycles. The van der Waals surface area contributed by atoms with Gasteiger partial charge in [0.25, 0.3) is 0 Å². The van der Waals surface area contributed by atoms with Crippen LogP contribution in [0.15, 0.2) is 12.3 Å². The highest BCUT2D eigenvalue weighted by atomic mass is 35.5. The molecular weight excluding hydrogens is 284 g/mol. The van der Waals surface area contributed by atoms with Crippen molar-refractivity contribution in [2.24, 2.45) is 0 Å². The van der Waals surface area contributed by atoms with Crippen LogP contribution in [0.5, 0.6) is 0 Å². The van der Waals surface area contributed by atoms with Crippen molar-refractivity contribution in [2.45, 2.75) is 45.2 Å². The van der Waals surface area contributed by atoms with Gasteiger partial charge in [-0.3, -0.25) is 0 Å². The third kappa shape index (κ3) is 2.79. The van der Waals surface area contributed by atoms with E-state index >= 15 is 0 Å². The van der Waals surface area contributed by atoms with Gasteiger partial charge in [-0.1, -0.05) is 0 Å². The average molecular weight is 307 g/mol. The van der Waals surface area contributed by atoms with Gasteiger partial charge in [0.1, 0.15) is 11.3 Å². The predicted octanol–water partition coefficient (Wildman–Crippen LogP) is 3.18. The SMILES string of the molecule is Cc1cnc2c(c1)nc(CCCl)n2C1CCN(C)C(C)C1. The summed E-state index contributed by atoms with van der Waals surface area (Å²) in [5.74, 6) is 1.68. The van der Waals surface area contributed by atoms with E-state index in [1.807, 2.05) is 6.20 Å². The molecular formula is C16H23ClN4. The highest BCUT2D eigenvalue weighted by molar-refractivity contribution is 6.17. The Labute approximate surface area is 131 Å². The van der Waals surface area contributed by atoms with E-state index < -0.39 is 0 Å². The fourth-order valence-electron chi connectivity index (χ4n) is 3.27. The van der Waals surface area contributed by atoms with Gasteiger partial charge in [-0.05, 0) is 45.4 Å². The van der Waals surface area contributed by atoms with Crippen molar-refractivity contribution in [1.82, 2.24) is 19.4 Å². The summed E-state index contributed by atoms with van der Waals surface area (Å²) in [4.78, 5) is 11.9. The molecule has 2 unspecified atom stereocenters. The predicted molar refractivity (Wildman–Crippen MR) is 87.1 cm³/mol. The van der Waals surface area contributed by atoms with Gasteiger partial charge < -0.3 is 9.47 Å². The molecule has 1 fully saturated rings. The molecule has 1 saturated heterocycles. The van der Waals surface area contributed by atoms with Gasteiger partial charge in [0, 0.05) is 37.1 Å². The van der Waals surface area contributed by atoms with Gasteiger partial charge in [-0.25, -0.2) is 9.97 Å². The second kappa shape index (κ2) is 5.93. The van der Waals surface area contributed by atoms with Crippen molar-refractivity contribution < 1.29 is 0 Å². The largest absolute Gasteiger partial charge is 0.309 e. The Morgan fingerprint density at radius 3 is 2.95 bits per heavy atom. The minimum Gasteiger partial charge on any atom is -0.309 e. The minimum absolute atomic E-state index is 0.481. The number of aromatic nitrogens is 3. The zero-order valence-corrected chi connectivity index (χ0v) is 13.8. The molecule has 4 nitrogen and oxygen atoms in total. The van der Waals surface area contributed by atoms with Gasteiger partial charge in [-0.2, -0.15) is 0 Å². The molecule has 0 radical (unpaired) electrons.